The molecule has 7 nitrogen and oxygen atoms in total. The maximum absolute atomic E-state index is 4.88. The summed E-state index contributed by atoms with van der Waals surface area (Å²) >= 11 is 0. The summed E-state index contributed by atoms with van der Waals surface area (Å²) in [6.45, 7) is 13.6. The SMILES string of the molecule is CCNC(=NCc1cccc(-c2ncn[nH]2)c1)N1CCN(CC(C)C)CC1. The van der Waals surface area contributed by atoms with Gasteiger partial charge in [0.1, 0.15) is 6.33 Å². The first-order chi connectivity index (χ1) is 13.2. The normalized spacial score (nSPS) is 16.1. The molecule has 1 saturated heterocycles. The Kier molecular flexibility index (Phi) is 6.81. The van der Waals surface area contributed by atoms with Crippen LogP contribution in [0, 0.1) is 5.92 Å². The maximum atomic E-state index is 4.88. The van der Waals surface area contributed by atoms with Gasteiger partial charge < -0.3 is 10.2 Å². The monoisotopic (exact) mass is 369 g/mol. The number of hydrogen-bond acceptors (Lipinski definition) is 4. The molecule has 1 aromatic heterocycles. The number of piperazine rings is 1. The number of nitrogens with zero attached hydrogens (tertiary/aromatic N) is 5. The minimum atomic E-state index is 0.649. The van der Waals surface area contributed by atoms with Gasteiger partial charge >= 0.3 is 0 Å². The summed E-state index contributed by atoms with van der Waals surface area (Å²) in [5, 5.41) is 10.3. The van der Waals surface area contributed by atoms with Gasteiger partial charge in [-0.2, -0.15) is 5.10 Å². The fourth-order valence-corrected chi connectivity index (χ4v) is 3.41. The van der Waals surface area contributed by atoms with Crippen molar-refractivity contribution in [1.82, 2.24) is 30.3 Å². The second-order valence-corrected chi connectivity index (χ2v) is 7.39. The quantitative estimate of drug-likeness (QED) is 0.603. The van der Waals surface area contributed by atoms with Crippen LogP contribution in [0.1, 0.15) is 26.3 Å². The molecule has 7 heteroatoms. The highest BCUT2D eigenvalue weighted by molar-refractivity contribution is 5.80. The summed E-state index contributed by atoms with van der Waals surface area (Å²) in [6.07, 6.45) is 1.53. The van der Waals surface area contributed by atoms with E-state index in [0.717, 1.165) is 61.6 Å². The molecule has 3 rings (SSSR count). The van der Waals surface area contributed by atoms with Crippen LogP contribution < -0.4 is 5.32 Å². The van der Waals surface area contributed by atoms with E-state index in [0.29, 0.717) is 6.54 Å². The van der Waals surface area contributed by atoms with E-state index in [9.17, 15) is 0 Å². The maximum Gasteiger partial charge on any atom is 0.194 e. The van der Waals surface area contributed by atoms with Gasteiger partial charge in [0.2, 0.25) is 0 Å². The summed E-state index contributed by atoms with van der Waals surface area (Å²) in [6, 6.07) is 8.30. The average Bonchev–Trinajstić information content (AvgIpc) is 3.20. The van der Waals surface area contributed by atoms with Crippen LogP contribution in [0.15, 0.2) is 35.6 Å². The summed E-state index contributed by atoms with van der Waals surface area (Å²) in [5.74, 6) is 2.51. The first kappa shape index (κ1) is 19.4. The van der Waals surface area contributed by atoms with Crippen LogP contribution in [0.4, 0.5) is 0 Å². The number of benzene rings is 1. The number of hydrogen-bond donors (Lipinski definition) is 2. The van der Waals surface area contributed by atoms with Crippen LogP contribution in [0.5, 0.6) is 0 Å². The van der Waals surface area contributed by atoms with Crippen molar-refractivity contribution in [3.05, 3.63) is 36.2 Å². The molecular weight excluding hydrogens is 338 g/mol. The third-order valence-electron chi connectivity index (χ3n) is 4.66. The Morgan fingerprint density at radius 2 is 2.07 bits per heavy atom. The van der Waals surface area contributed by atoms with Crippen LogP contribution in [0.2, 0.25) is 0 Å². The van der Waals surface area contributed by atoms with E-state index in [4.69, 9.17) is 4.99 Å². The number of nitrogens with one attached hydrogen (secondary N) is 2. The molecule has 27 heavy (non-hydrogen) atoms. The third-order valence-corrected chi connectivity index (χ3v) is 4.66. The number of H-pyrrole nitrogens is 1. The highest BCUT2D eigenvalue weighted by Gasteiger charge is 2.19. The predicted molar refractivity (Wildman–Crippen MR) is 109 cm³/mol. The summed E-state index contributed by atoms with van der Waals surface area (Å²) in [4.78, 5) is 14.0. The van der Waals surface area contributed by atoms with Crippen LogP contribution in [0.25, 0.3) is 11.4 Å². The number of aromatic nitrogens is 3. The molecule has 1 aliphatic rings. The molecule has 1 aromatic carbocycles. The standard InChI is InChI=1S/C20H31N7/c1-4-21-20(27-10-8-26(9-11-27)14-16(2)3)22-13-17-6-5-7-18(12-17)19-23-15-24-25-19/h5-7,12,15-16H,4,8-11,13-14H2,1-3H3,(H,21,22)(H,23,24,25). The Hall–Kier alpha value is -2.41. The first-order valence-electron chi connectivity index (χ1n) is 9.86. The lowest BCUT2D eigenvalue weighted by molar-refractivity contribution is 0.164. The van der Waals surface area contributed by atoms with Crippen molar-refractivity contribution in [2.45, 2.75) is 27.3 Å². The lowest BCUT2D eigenvalue weighted by Crippen LogP contribution is -2.53. The highest BCUT2D eigenvalue weighted by atomic mass is 15.3. The van der Waals surface area contributed by atoms with Crippen molar-refractivity contribution in [3.8, 4) is 11.4 Å². The smallest absolute Gasteiger partial charge is 0.194 e. The van der Waals surface area contributed by atoms with Gasteiger partial charge in [-0.3, -0.25) is 10.00 Å². The summed E-state index contributed by atoms with van der Waals surface area (Å²) < 4.78 is 0. The van der Waals surface area contributed by atoms with E-state index >= 15 is 0 Å². The Morgan fingerprint density at radius 1 is 1.26 bits per heavy atom. The molecule has 0 atom stereocenters. The largest absolute Gasteiger partial charge is 0.357 e. The van der Waals surface area contributed by atoms with Gasteiger partial charge in [-0.15, -0.1) is 0 Å². The minimum Gasteiger partial charge on any atom is -0.357 e. The predicted octanol–water partition coefficient (Wildman–Crippen LogP) is 2.21. The Bertz CT molecular complexity index is 716. The molecule has 0 spiro atoms. The van der Waals surface area contributed by atoms with Crippen molar-refractivity contribution in [1.29, 1.82) is 0 Å². The van der Waals surface area contributed by atoms with Gasteiger partial charge in [0.15, 0.2) is 11.8 Å². The molecule has 0 unspecified atom stereocenters. The molecule has 1 aliphatic heterocycles. The molecule has 1 fully saturated rings. The van der Waals surface area contributed by atoms with Gasteiger partial charge in [-0.25, -0.2) is 9.98 Å². The number of aliphatic imine (C=N–C) groups is 1. The molecule has 0 radical (unpaired) electrons. The van der Waals surface area contributed by atoms with Gasteiger partial charge in [-0.1, -0.05) is 32.0 Å². The van der Waals surface area contributed by atoms with E-state index in [1.165, 1.54) is 12.9 Å². The van der Waals surface area contributed by atoms with E-state index < -0.39 is 0 Å². The van der Waals surface area contributed by atoms with Crippen molar-refractivity contribution in [3.63, 3.8) is 0 Å². The molecule has 0 aliphatic carbocycles. The Balaban J connectivity index is 1.64. The van der Waals surface area contributed by atoms with Crippen molar-refractivity contribution in [2.75, 3.05) is 39.3 Å². The zero-order chi connectivity index (χ0) is 19.1. The zero-order valence-electron chi connectivity index (χ0n) is 16.6. The Labute approximate surface area is 161 Å². The topological polar surface area (TPSA) is 72.4 Å². The van der Waals surface area contributed by atoms with Gasteiger partial charge in [0.05, 0.1) is 6.54 Å². The first-order valence-corrected chi connectivity index (χ1v) is 9.86. The molecule has 0 amide bonds. The fraction of sp³-hybridized carbons (Fsp3) is 0.550. The Morgan fingerprint density at radius 3 is 2.74 bits per heavy atom. The number of aromatic amines is 1. The van der Waals surface area contributed by atoms with Crippen LogP contribution >= 0.6 is 0 Å². The molecule has 2 N–H and O–H groups in total. The third kappa shape index (κ3) is 5.53. The van der Waals surface area contributed by atoms with Crippen LogP contribution in [0.3, 0.4) is 0 Å². The lowest BCUT2D eigenvalue weighted by atomic mass is 10.1. The summed E-state index contributed by atoms with van der Waals surface area (Å²) in [5.41, 5.74) is 2.20. The van der Waals surface area contributed by atoms with Gasteiger partial charge in [0.25, 0.3) is 0 Å². The second kappa shape index (κ2) is 9.50. The molecular formula is C20H31N7. The van der Waals surface area contributed by atoms with E-state index in [1.807, 2.05) is 12.1 Å². The summed E-state index contributed by atoms with van der Waals surface area (Å²) in [7, 11) is 0. The fourth-order valence-electron chi connectivity index (χ4n) is 3.41. The molecule has 0 bridgehead atoms. The van der Waals surface area contributed by atoms with Crippen molar-refractivity contribution >= 4 is 5.96 Å². The van der Waals surface area contributed by atoms with Gasteiger partial charge in [0, 0.05) is 44.8 Å². The van der Waals surface area contributed by atoms with Crippen LogP contribution in [-0.2, 0) is 6.54 Å². The molecule has 0 saturated carbocycles. The van der Waals surface area contributed by atoms with Crippen molar-refractivity contribution < 1.29 is 0 Å². The average molecular weight is 370 g/mol. The molecule has 146 valence electrons. The van der Waals surface area contributed by atoms with Gasteiger partial charge in [-0.05, 0) is 24.5 Å². The number of guanidine groups is 1. The van der Waals surface area contributed by atoms with E-state index in [1.54, 1.807) is 0 Å². The van der Waals surface area contributed by atoms with Crippen molar-refractivity contribution in [2.24, 2.45) is 10.9 Å². The van der Waals surface area contributed by atoms with Crippen LogP contribution in [-0.4, -0.2) is 70.2 Å². The molecule has 2 aromatic rings. The second-order valence-electron chi connectivity index (χ2n) is 7.39. The van der Waals surface area contributed by atoms with E-state index in [2.05, 4.69) is 63.2 Å². The number of rotatable bonds is 6. The highest BCUT2D eigenvalue weighted by Crippen LogP contribution is 2.16. The zero-order valence-corrected chi connectivity index (χ0v) is 16.6. The minimum absolute atomic E-state index is 0.649. The lowest BCUT2D eigenvalue weighted by Gasteiger charge is -2.37. The molecule has 2 heterocycles. The van der Waals surface area contributed by atoms with E-state index in [-0.39, 0.29) is 0 Å².